The number of hydrogen-bond acceptors (Lipinski definition) is 4. The fourth-order valence-electron chi connectivity index (χ4n) is 1.32. The zero-order valence-corrected chi connectivity index (χ0v) is 10.6. The molecule has 7 nitrogen and oxygen atoms in total. The van der Waals surface area contributed by atoms with Crippen molar-refractivity contribution in [1.82, 2.24) is 14.5 Å². The lowest BCUT2D eigenvalue weighted by Crippen LogP contribution is -2.44. The molecule has 0 saturated heterocycles. The van der Waals surface area contributed by atoms with Crippen molar-refractivity contribution in [2.45, 2.75) is 24.9 Å². The molecule has 0 radical (unpaired) electrons. The number of hydrogen-bond donors (Lipinski definition) is 2. The predicted molar refractivity (Wildman–Crippen MR) is 59.8 cm³/mol. The summed E-state index contributed by atoms with van der Waals surface area (Å²) in [5.74, 6) is -1.55. The second-order valence-corrected chi connectivity index (χ2v) is 5.64. The third-order valence-electron chi connectivity index (χ3n) is 2.27. The van der Waals surface area contributed by atoms with E-state index in [1.807, 2.05) is 0 Å². The van der Waals surface area contributed by atoms with Crippen LogP contribution in [0.1, 0.15) is 13.8 Å². The number of aromatic nitrogens is 2. The van der Waals surface area contributed by atoms with Crippen LogP contribution in [0.5, 0.6) is 0 Å². The third kappa shape index (κ3) is 3.04. The molecule has 1 aromatic rings. The van der Waals surface area contributed by atoms with Gasteiger partial charge >= 0.3 is 5.97 Å². The van der Waals surface area contributed by atoms with Gasteiger partial charge in [-0.05, 0) is 12.0 Å². The first-order valence-corrected chi connectivity index (χ1v) is 6.47. The Kier molecular flexibility index (Phi) is 3.89. The summed E-state index contributed by atoms with van der Waals surface area (Å²) >= 11 is 0. The maximum atomic E-state index is 11.9. The van der Waals surface area contributed by atoms with E-state index in [4.69, 9.17) is 5.11 Å². The van der Waals surface area contributed by atoms with Crippen LogP contribution in [0.15, 0.2) is 17.3 Å². The molecule has 8 heteroatoms. The second kappa shape index (κ2) is 4.84. The number of rotatable bonds is 5. The van der Waals surface area contributed by atoms with Crippen LogP contribution in [-0.4, -0.2) is 35.3 Å². The number of carbonyl (C=O) groups is 1. The van der Waals surface area contributed by atoms with Crippen LogP contribution in [0.3, 0.4) is 0 Å². The largest absolute Gasteiger partial charge is 0.480 e. The van der Waals surface area contributed by atoms with Crippen molar-refractivity contribution in [2.24, 2.45) is 13.0 Å². The first-order valence-electron chi connectivity index (χ1n) is 4.99. The van der Waals surface area contributed by atoms with Gasteiger partial charge in [0.2, 0.25) is 0 Å². The lowest BCUT2D eigenvalue weighted by molar-refractivity contribution is -0.140. The summed E-state index contributed by atoms with van der Waals surface area (Å²) in [6.07, 6.45) is 1.33. The minimum atomic E-state index is -3.87. The van der Waals surface area contributed by atoms with Crippen LogP contribution in [-0.2, 0) is 21.9 Å². The molecule has 0 aliphatic heterocycles. The van der Waals surface area contributed by atoms with Gasteiger partial charge in [0.25, 0.3) is 10.0 Å². The zero-order valence-electron chi connectivity index (χ0n) is 9.78. The molecule has 2 N–H and O–H groups in total. The second-order valence-electron chi connectivity index (χ2n) is 3.97. The van der Waals surface area contributed by atoms with Gasteiger partial charge < -0.3 is 5.11 Å². The molecule has 0 aliphatic carbocycles. The molecule has 0 aliphatic rings. The van der Waals surface area contributed by atoms with Gasteiger partial charge in [0.05, 0.1) is 6.20 Å². The van der Waals surface area contributed by atoms with Crippen molar-refractivity contribution < 1.29 is 18.3 Å². The molecule has 0 aromatic carbocycles. The van der Waals surface area contributed by atoms with E-state index in [-0.39, 0.29) is 10.9 Å². The highest BCUT2D eigenvalue weighted by atomic mass is 32.2. The van der Waals surface area contributed by atoms with Gasteiger partial charge in [-0.3, -0.25) is 9.48 Å². The minimum absolute atomic E-state index is 0.0654. The Morgan fingerprint density at radius 2 is 2.12 bits per heavy atom. The summed E-state index contributed by atoms with van der Waals surface area (Å²) in [4.78, 5) is 10.9. The third-order valence-corrected chi connectivity index (χ3v) is 3.78. The molecule has 0 spiro atoms. The van der Waals surface area contributed by atoms with E-state index in [1.165, 1.54) is 24.0 Å². The summed E-state index contributed by atoms with van der Waals surface area (Å²) < 4.78 is 27.1. The summed E-state index contributed by atoms with van der Waals surface area (Å²) in [6.45, 7) is 3.26. The Morgan fingerprint density at radius 3 is 2.47 bits per heavy atom. The Morgan fingerprint density at radius 1 is 1.53 bits per heavy atom. The summed E-state index contributed by atoms with van der Waals surface area (Å²) in [5, 5.41) is 12.6. The normalized spacial score (nSPS) is 13.9. The van der Waals surface area contributed by atoms with E-state index < -0.39 is 22.0 Å². The van der Waals surface area contributed by atoms with Gasteiger partial charge in [-0.2, -0.15) is 9.82 Å². The quantitative estimate of drug-likeness (QED) is 0.764. The first kappa shape index (κ1) is 13.7. The van der Waals surface area contributed by atoms with Crippen LogP contribution in [0.25, 0.3) is 0 Å². The van der Waals surface area contributed by atoms with E-state index in [0.29, 0.717) is 0 Å². The highest BCUT2D eigenvalue weighted by Gasteiger charge is 2.29. The van der Waals surface area contributed by atoms with Crippen LogP contribution in [0.2, 0.25) is 0 Å². The van der Waals surface area contributed by atoms with Crippen molar-refractivity contribution in [3.63, 3.8) is 0 Å². The molecule has 0 fully saturated rings. The number of carboxylic acids is 1. The molecule has 96 valence electrons. The van der Waals surface area contributed by atoms with Gasteiger partial charge in [-0.15, -0.1) is 0 Å². The number of aryl methyl sites for hydroxylation is 1. The number of aliphatic carboxylic acids is 1. The van der Waals surface area contributed by atoms with E-state index >= 15 is 0 Å². The Hall–Kier alpha value is -1.41. The monoisotopic (exact) mass is 261 g/mol. The van der Waals surface area contributed by atoms with Gasteiger partial charge in [-0.25, -0.2) is 8.42 Å². The molecular formula is C9H15N3O4S. The average Bonchev–Trinajstić information content (AvgIpc) is 2.60. The highest BCUT2D eigenvalue weighted by molar-refractivity contribution is 7.89. The average molecular weight is 261 g/mol. The lowest BCUT2D eigenvalue weighted by atomic mass is 10.1. The van der Waals surface area contributed by atoms with Crippen LogP contribution in [0, 0.1) is 5.92 Å². The van der Waals surface area contributed by atoms with E-state index in [1.54, 1.807) is 13.8 Å². The molecule has 1 rings (SSSR count). The van der Waals surface area contributed by atoms with Gasteiger partial charge in [0.1, 0.15) is 6.04 Å². The molecule has 0 bridgehead atoms. The standard InChI is InChI=1S/C9H15N3O4S/c1-6(2)8(9(13)14)11-17(15,16)7-4-5-10-12(7)3/h4-6,8,11H,1-3H3,(H,13,14)/t8-/m1/s1. The molecule has 1 heterocycles. The number of nitrogens with one attached hydrogen (secondary N) is 1. The number of sulfonamides is 1. The predicted octanol–water partition coefficient (Wildman–Crippen LogP) is -0.192. The van der Waals surface area contributed by atoms with Crippen molar-refractivity contribution in [3.05, 3.63) is 12.3 Å². The Bertz CT molecular complexity index is 506. The molecule has 17 heavy (non-hydrogen) atoms. The molecule has 1 aromatic heterocycles. The number of nitrogens with zero attached hydrogens (tertiary/aromatic N) is 2. The van der Waals surface area contributed by atoms with Gasteiger partial charge in [0, 0.05) is 7.05 Å². The fourth-order valence-corrected chi connectivity index (χ4v) is 2.79. The topological polar surface area (TPSA) is 101 Å². The minimum Gasteiger partial charge on any atom is -0.480 e. The number of carboxylic acid groups (broad SMARTS) is 1. The SMILES string of the molecule is CC(C)[C@@H](NS(=O)(=O)c1ccnn1C)C(=O)O. The van der Waals surface area contributed by atoms with Crippen molar-refractivity contribution in [3.8, 4) is 0 Å². The van der Waals surface area contributed by atoms with Crippen molar-refractivity contribution in [2.75, 3.05) is 0 Å². The van der Waals surface area contributed by atoms with Gasteiger partial charge in [0.15, 0.2) is 5.03 Å². The maximum absolute atomic E-state index is 11.9. The van der Waals surface area contributed by atoms with E-state index in [0.717, 1.165) is 0 Å². The van der Waals surface area contributed by atoms with E-state index in [2.05, 4.69) is 9.82 Å². The lowest BCUT2D eigenvalue weighted by Gasteiger charge is -2.17. The van der Waals surface area contributed by atoms with Crippen LogP contribution in [0.4, 0.5) is 0 Å². The van der Waals surface area contributed by atoms with Crippen molar-refractivity contribution >= 4 is 16.0 Å². The molecule has 0 saturated carbocycles. The summed E-state index contributed by atoms with van der Waals surface area (Å²) in [7, 11) is -2.40. The van der Waals surface area contributed by atoms with Gasteiger partial charge in [-0.1, -0.05) is 13.8 Å². The smallest absolute Gasteiger partial charge is 0.322 e. The highest BCUT2D eigenvalue weighted by Crippen LogP contribution is 2.10. The summed E-state index contributed by atoms with van der Waals surface area (Å²) in [6, 6.07) is 0.150. The molecular weight excluding hydrogens is 246 g/mol. The van der Waals surface area contributed by atoms with E-state index in [9.17, 15) is 13.2 Å². The Labute approximate surface area is 99.5 Å². The van der Waals surface area contributed by atoms with Crippen LogP contribution >= 0.6 is 0 Å². The summed E-state index contributed by atoms with van der Waals surface area (Å²) in [5.41, 5.74) is 0. The fraction of sp³-hybridized carbons (Fsp3) is 0.556. The maximum Gasteiger partial charge on any atom is 0.322 e. The first-order chi connectivity index (χ1) is 7.75. The zero-order chi connectivity index (χ0) is 13.2. The molecule has 0 amide bonds. The molecule has 0 unspecified atom stereocenters. The Balaban J connectivity index is 3.01. The van der Waals surface area contributed by atoms with Crippen molar-refractivity contribution in [1.29, 1.82) is 0 Å². The van der Waals surface area contributed by atoms with Crippen LogP contribution < -0.4 is 4.72 Å². The molecule has 1 atom stereocenters.